The predicted molar refractivity (Wildman–Crippen MR) is 92.3 cm³/mol. The average Bonchev–Trinajstić information content (AvgIpc) is 3.32. The van der Waals surface area contributed by atoms with Crippen LogP contribution < -0.4 is 0 Å². The number of aryl methyl sites for hydroxylation is 3. The molecular formula is C18H21N5O2. The number of hydrogen-bond donors (Lipinski definition) is 1. The second-order valence-electron chi connectivity index (χ2n) is 6.64. The Morgan fingerprint density at radius 1 is 1.28 bits per heavy atom. The SMILES string of the molecule is Cc1cc(C)n(C2CCN(C(=O)c3cc(-c4ccc(C)o4)[nH]n3)C2)n1. The van der Waals surface area contributed by atoms with Crippen LogP contribution in [0.25, 0.3) is 11.5 Å². The summed E-state index contributed by atoms with van der Waals surface area (Å²) in [5.74, 6) is 1.45. The summed E-state index contributed by atoms with van der Waals surface area (Å²) in [5, 5.41) is 11.6. The van der Waals surface area contributed by atoms with Crippen LogP contribution in [0.5, 0.6) is 0 Å². The molecule has 4 heterocycles. The van der Waals surface area contributed by atoms with Gasteiger partial charge in [-0.2, -0.15) is 10.2 Å². The number of hydrogen-bond acceptors (Lipinski definition) is 4. The van der Waals surface area contributed by atoms with Gasteiger partial charge in [0.25, 0.3) is 5.91 Å². The summed E-state index contributed by atoms with van der Waals surface area (Å²) in [6.45, 7) is 7.29. The number of carbonyl (C=O) groups excluding carboxylic acids is 1. The van der Waals surface area contributed by atoms with E-state index in [0.29, 0.717) is 30.2 Å². The molecule has 1 N–H and O–H groups in total. The fraction of sp³-hybridized carbons (Fsp3) is 0.389. The first-order valence-electron chi connectivity index (χ1n) is 8.45. The van der Waals surface area contributed by atoms with Crippen molar-refractivity contribution in [1.82, 2.24) is 24.9 Å². The zero-order valence-electron chi connectivity index (χ0n) is 14.6. The Hall–Kier alpha value is -2.83. The zero-order chi connectivity index (χ0) is 17.6. The van der Waals surface area contributed by atoms with Crippen LogP contribution in [-0.4, -0.2) is 43.9 Å². The minimum Gasteiger partial charge on any atom is -0.460 e. The number of H-pyrrole nitrogens is 1. The fourth-order valence-electron chi connectivity index (χ4n) is 3.44. The molecule has 1 aliphatic rings. The van der Waals surface area contributed by atoms with Crippen LogP contribution in [0.4, 0.5) is 0 Å². The number of furan rings is 1. The molecule has 3 aromatic heterocycles. The summed E-state index contributed by atoms with van der Waals surface area (Å²) in [7, 11) is 0. The number of nitrogens with zero attached hydrogens (tertiary/aromatic N) is 4. The van der Waals surface area contributed by atoms with Crippen molar-refractivity contribution < 1.29 is 9.21 Å². The van der Waals surface area contributed by atoms with E-state index >= 15 is 0 Å². The van der Waals surface area contributed by atoms with Gasteiger partial charge in [-0.05, 0) is 45.4 Å². The van der Waals surface area contributed by atoms with Crippen molar-refractivity contribution in [3.63, 3.8) is 0 Å². The quantitative estimate of drug-likeness (QED) is 0.796. The maximum atomic E-state index is 12.7. The summed E-state index contributed by atoms with van der Waals surface area (Å²) >= 11 is 0. The lowest BCUT2D eigenvalue weighted by Gasteiger charge is -2.16. The van der Waals surface area contributed by atoms with Gasteiger partial charge in [0.2, 0.25) is 0 Å². The van der Waals surface area contributed by atoms with Crippen molar-refractivity contribution in [1.29, 1.82) is 0 Å². The molecule has 0 spiro atoms. The second-order valence-corrected chi connectivity index (χ2v) is 6.64. The number of nitrogens with one attached hydrogen (secondary N) is 1. The van der Waals surface area contributed by atoms with Gasteiger partial charge in [0.05, 0.1) is 11.7 Å². The van der Waals surface area contributed by atoms with Gasteiger partial charge in [-0.3, -0.25) is 14.6 Å². The third-order valence-corrected chi connectivity index (χ3v) is 4.64. The molecule has 0 aromatic carbocycles. The molecular weight excluding hydrogens is 318 g/mol. The van der Waals surface area contributed by atoms with E-state index in [4.69, 9.17) is 4.42 Å². The predicted octanol–water partition coefficient (Wildman–Crippen LogP) is 2.88. The number of likely N-dealkylation sites (tertiary alicyclic amines) is 1. The van der Waals surface area contributed by atoms with E-state index in [-0.39, 0.29) is 11.9 Å². The van der Waals surface area contributed by atoms with Crippen LogP contribution in [0.3, 0.4) is 0 Å². The molecule has 1 amide bonds. The first-order chi connectivity index (χ1) is 12.0. The summed E-state index contributed by atoms with van der Waals surface area (Å²) < 4.78 is 7.60. The highest BCUT2D eigenvalue weighted by atomic mass is 16.3. The lowest BCUT2D eigenvalue weighted by Crippen LogP contribution is -2.29. The van der Waals surface area contributed by atoms with Crippen LogP contribution in [0.15, 0.2) is 28.7 Å². The van der Waals surface area contributed by atoms with E-state index in [2.05, 4.69) is 28.3 Å². The normalized spacial score (nSPS) is 17.4. The Kier molecular flexibility index (Phi) is 3.71. The van der Waals surface area contributed by atoms with Crippen LogP contribution in [0.2, 0.25) is 0 Å². The summed E-state index contributed by atoms with van der Waals surface area (Å²) in [4.78, 5) is 14.6. The molecule has 1 atom stereocenters. The molecule has 7 nitrogen and oxygen atoms in total. The Labute approximate surface area is 145 Å². The average molecular weight is 339 g/mol. The number of rotatable bonds is 3. The van der Waals surface area contributed by atoms with Gasteiger partial charge in [0.15, 0.2) is 11.5 Å². The number of amides is 1. The topological polar surface area (TPSA) is 80.0 Å². The highest BCUT2D eigenvalue weighted by Gasteiger charge is 2.30. The molecule has 0 aliphatic carbocycles. The van der Waals surface area contributed by atoms with Crippen molar-refractivity contribution in [3.8, 4) is 11.5 Å². The molecule has 1 aliphatic heterocycles. The van der Waals surface area contributed by atoms with Gasteiger partial charge >= 0.3 is 0 Å². The van der Waals surface area contributed by atoms with Crippen LogP contribution in [-0.2, 0) is 0 Å². The van der Waals surface area contributed by atoms with E-state index < -0.39 is 0 Å². The number of carbonyl (C=O) groups is 1. The van der Waals surface area contributed by atoms with Crippen LogP contribution >= 0.6 is 0 Å². The Morgan fingerprint density at radius 3 is 2.80 bits per heavy atom. The maximum absolute atomic E-state index is 12.7. The Bertz CT molecular complexity index is 920. The van der Waals surface area contributed by atoms with E-state index in [9.17, 15) is 4.79 Å². The highest BCUT2D eigenvalue weighted by molar-refractivity contribution is 5.93. The molecule has 1 saturated heterocycles. The maximum Gasteiger partial charge on any atom is 0.274 e. The van der Waals surface area contributed by atoms with Gasteiger partial charge < -0.3 is 9.32 Å². The summed E-state index contributed by atoms with van der Waals surface area (Å²) in [6.07, 6.45) is 0.905. The molecule has 3 aromatic rings. The van der Waals surface area contributed by atoms with Gasteiger partial charge in [0, 0.05) is 24.8 Å². The highest BCUT2D eigenvalue weighted by Crippen LogP contribution is 2.25. The smallest absolute Gasteiger partial charge is 0.274 e. The Morgan fingerprint density at radius 2 is 2.12 bits per heavy atom. The summed E-state index contributed by atoms with van der Waals surface area (Å²) in [5.41, 5.74) is 3.27. The fourth-order valence-corrected chi connectivity index (χ4v) is 3.44. The molecule has 1 unspecified atom stereocenters. The first-order valence-corrected chi connectivity index (χ1v) is 8.45. The van der Waals surface area contributed by atoms with Crippen molar-refractivity contribution in [3.05, 3.63) is 47.1 Å². The van der Waals surface area contributed by atoms with E-state index in [0.717, 1.165) is 23.6 Å². The van der Waals surface area contributed by atoms with Crippen LogP contribution in [0.1, 0.15) is 40.1 Å². The number of aromatic amines is 1. The number of aromatic nitrogens is 4. The molecule has 7 heteroatoms. The van der Waals surface area contributed by atoms with Gasteiger partial charge in [-0.1, -0.05) is 0 Å². The minimum absolute atomic E-state index is 0.0604. The van der Waals surface area contributed by atoms with E-state index in [1.165, 1.54) is 0 Å². The lowest BCUT2D eigenvalue weighted by atomic mass is 10.2. The second kappa shape index (κ2) is 5.91. The minimum atomic E-state index is -0.0604. The van der Waals surface area contributed by atoms with Crippen LogP contribution in [0, 0.1) is 20.8 Å². The summed E-state index contributed by atoms with van der Waals surface area (Å²) in [6, 6.07) is 7.79. The first kappa shape index (κ1) is 15.7. The zero-order valence-corrected chi connectivity index (χ0v) is 14.6. The molecule has 130 valence electrons. The van der Waals surface area contributed by atoms with Crippen molar-refractivity contribution in [2.75, 3.05) is 13.1 Å². The standard InChI is InChI=1S/C18H21N5O2/c1-11-8-12(2)23(21-11)14-6-7-22(10-14)18(24)16-9-15(19-20-16)17-5-4-13(3)25-17/h4-5,8-9,14H,6-7,10H2,1-3H3,(H,19,20). The molecule has 0 saturated carbocycles. The van der Waals surface area contributed by atoms with Crippen molar-refractivity contribution >= 4 is 5.91 Å². The molecule has 0 radical (unpaired) electrons. The van der Waals surface area contributed by atoms with Gasteiger partial charge in [-0.25, -0.2) is 0 Å². The van der Waals surface area contributed by atoms with E-state index in [1.807, 2.05) is 35.6 Å². The van der Waals surface area contributed by atoms with Crippen molar-refractivity contribution in [2.45, 2.75) is 33.2 Å². The third kappa shape index (κ3) is 2.86. The monoisotopic (exact) mass is 339 g/mol. The molecule has 25 heavy (non-hydrogen) atoms. The third-order valence-electron chi connectivity index (χ3n) is 4.64. The molecule has 0 bridgehead atoms. The molecule has 1 fully saturated rings. The largest absolute Gasteiger partial charge is 0.460 e. The van der Waals surface area contributed by atoms with Crippen molar-refractivity contribution in [2.24, 2.45) is 0 Å². The lowest BCUT2D eigenvalue weighted by molar-refractivity contribution is 0.0781. The van der Waals surface area contributed by atoms with E-state index in [1.54, 1.807) is 6.07 Å². The van der Waals surface area contributed by atoms with Gasteiger partial charge in [-0.15, -0.1) is 0 Å². The molecule has 4 rings (SSSR count). The Balaban J connectivity index is 1.49. The van der Waals surface area contributed by atoms with Gasteiger partial charge in [0.1, 0.15) is 11.5 Å².